The molecule has 0 heterocycles. The first-order valence-corrected chi connectivity index (χ1v) is 14.1. The Kier molecular flexibility index (Phi) is 8.31. The maximum atomic E-state index is 15.3. The lowest BCUT2D eigenvalue weighted by Gasteiger charge is -2.37. The van der Waals surface area contributed by atoms with Crippen LogP contribution in [0.25, 0.3) is 22.3 Å². The Bertz CT molecular complexity index is 1260. The van der Waals surface area contributed by atoms with Gasteiger partial charge in [-0.15, -0.1) is 6.58 Å². The molecule has 0 aromatic heterocycles. The van der Waals surface area contributed by atoms with E-state index < -0.39 is 11.6 Å². The minimum Gasteiger partial charge on any atom is -0.500 e. The number of hydrogen-bond acceptors (Lipinski definition) is 1. The zero-order valence-corrected chi connectivity index (χ0v) is 22.2. The van der Waals surface area contributed by atoms with Crippen molar-refractivity contribution in [3.63, 3.8) is 0 Å². The Balaban J connectivity index is 1.24. The number of halogens is 3. The van der Waals surface area contributed by atoms with Crippen LogP contribution in [-0.2, 0) is 0 Å². The lowest BCUT2D eigenvalue weighted by atomic mass is 9.68. The molecule has 2 saturated carbocycles. The molecule has 1 nitrogen and oxygen atoms in total. The van der Waals surface area contributed by atoms with E-state index in [-0.39, 0.29) is 23.6 Å². The first-order chi connectivity index (χ1) is 18.5. The first kappa shape index (κ1) is 26.7. The molecule has 0 radical (unpaired) electrons. The highest BCUT2D eigenvalue weighted by Gasteiger charge is 2.31. The van der Waals surface area contributed by atoms with E-state index in [1.165, 1.54) is 50.7 Å². The van der Waals surface area contributed by atoms with Crippen LogP contribution in [0.4, 0.5) is 13.2 Å². The molecule has 5 rings (SSSR count). The van der Waals surface area contributed by atoms with Gasteiger partial charge in [-0.3, -0.25) is 0 Å². The molecule has 0 bridgehead atoms. The number of allylic oxidation sites excluding steroid dienone is 1. The molecule has 5 heteroatoms. The minimum absolute atomic E-state index is 0.100. The van der Waals surface area contributed by atoms with Gasteiger partial charge in [-0.25, -0.2) is 8.78 Å². The summed E-state index contributed by atoms with van der Waals surface area (Å²) in [4.78, 5) is 0. The van der Waals surface area contributed by atoms with Gasteiger partial charge in [0, 0.05) is 11.1 Å². The number of benzene rings is 3. The largest absolute Gasteiger partial charge is 0.500 e. The molecule has 3 aromatic carbocycles. The second-order valence-corrected chi connectivity index (χ2v) is 11.0. The summed E-state index contributed by atoms with van der Waals surface area (Å²) in [6, 6.07) is 15.5. The lowest BCUT2D eigenvalue weighted by Crippen LogP contribution is -2.25. The van der Waals surface area contributed by atoms with Gasteiger partial charge in [-0.05, 0) is 110 Å². The zero-order chi connectivity index (χ0) is 26.6. The highest BCUT2D eigenvalue weighted by molar-refractivity contribution is 6.08. The van der Waals surface area contributed by atoms with Crippen molar-refractivity contribution < 1.29 is 17.9 Å². The zero-order valence-electron chi connectivity index (χ0n) is 22.2. The molecule has 2 aliphatic rings. The number of ether oxygens (including phenoxy) is 1. The average molecular weight is 516 g/mol. The summed E-state index contributed by atoms with van der Waals surface area (Å²) < 4.78 is 49.3. The molecule has 2 aliphatic carbocycles. The summed E-state index contributed by atoms with van der Waals surface area (Å²) >= 11 is 0. The molecular weight excluding hydrogens is 480 g/mol. The van der Waals surface area contributed by atoms with Gasteiger partial charge in [-0.2, -0.15) is 4.39 Å². The molecule has 0 N–H and O–H groups in total. The molecule has 0 aliphatic heterocycles. The average Bonchev–Trinajstić information content (AvgIpc) is 2.96. The predicted octanol–water partition coefficient (Wildman–Crippen LogP) is 8.67. The van der Waals surface area contributed by atoms with Crippen LogP contribution in [0.3, 0.4) is 0 Å². The van der Waals surface area contributed by atoms with Crippen LogP contribution in [0, 0.1) is 35.2 Å². The smallest absolute Gasteiger partial charge is 0.201 e. The van der Waals surface area contributed by atoms with E-state index in [0.717, 1.165) is 30.2 Å². The molecule has 2 fully saturated rings. The maximum absolute atomic E-state index is 15.3. The lowest BCUT2D eigenvalue weighted by molar-refractivity contribution is 0.171. The second-order valence-electron chi connectivity index (χ2n) is 11.0. The van der Waals surface area contributed by atoms with E-state index in [9.17, 15) is 8.78 Å². The van der Waals surface area contributed by atoms with Gasteiger partial charge >= 0.3 is 0 Å². The molecule has 3 aromatic rings. The first-order valence-electron chi connectivity index (χ1n) is 14.1. The predicted molar refractivity (Wildman–Crippen MR) is 152 cm³/mol. The van der Waals surface area contributed by atoms with E-state index in [1.807, 2.05) is 6.07 Å². The second kappa shape index (κ2) is 11.8. The summed E-state index contributed by atoms with van der Waals surface area (Å²) in [5.74, 6) is 0.503. The Morgan fingerprint density at radius 3 is 1.89 bits per heavy atom. The van der Waals surface area contributed by atoms with Crippen LogP contribution in [0.2, 0.25) is 0 Å². The highest BCUT2D eigenvalue weighted by atomic mass is 19.2. The fourth-order valence-corrected chi connectivity index (χ4v) is 6.65. The maximum Gasteiger partial charge on any atom is 0.201 e. The van der Waals surface area contributed by atoms with Crippen molar-refractivity contribution in [2.45, 2.75) is 57.3 Å². The molecule has 0 saturated heterocycles. The molecule has 38 heavy (non-hydrogen) atoms. The van der Waals surface area contributed by atoms with Crippen molar-refractivity contribution in [1.29, 1.82) is 0 Å². The van der Waals surface area contributed by atoms with Gasteiger partial charge in [-0.1, -0.05) is 42.5 Å². The Morgan fingerprint density at radius 2 is 1.32 bits per heavy atom. The van der Waals surface area contributed by atoms with Crippen molar-refractivity contribution in [2.24, 2.45) is 17.8 Å². The van der Waals surface area contributed by atoms with Crippen molar-refractivity contribution in [3.8, 4) is 28.0 Å². The van der Waals surface area contributed by atoms with Crippen molar-refractivity contribution in [1.82, 2.24) is 0 Å². The van der Waals surface area contributed by atoms with Crippen molar-refractivity contribution >= 4 is 7.85 Å². The fourth-order valence-electron chi connectivity index (χ4n) is 6.65. The molecule has 0 amide bonds. The van der Waals surface area contributed by atoms with Crippen LogP contribution in [0.15, 0.2) is 67.3 Å². The summed E-state index contributed by atoms with van der Waals surface area (Å²) in [6.07, 6.45) is 12.1. The molecular formula is C33H36BF3O. The molecule has 0 unspecified atom stereocenters. The standard InChI is InChI=1S/C33H36BF3O/c1-2-21-3-5-22(6-4-21)23-7-9-24(10-8-23)27-15-16-28(30(35)19-27)25-11-13-26(14-12-25)29-17-18-31(38-20-34)33(37)32(29)36/h2,11-19,21-24H,1,3-10,20,34H2. The van der Waals surface area contributed by atoms with E-state index in [0.29, 0.717) is 28.5 Å². The SMILES string of the molecule is BCOc1ccc(-c2ccc(-c3ccc(C4CCC(C5CCC(C=C)CC5)CC4)cc3F)cc2)c(F)c1F. The Morgan fingerprint density at radius 1 is 0.737 bits per heavy atom. The third-order valence-electron chi connectivity index (χ3n) is 8.91. The van der Waals surface area contributed by atoms with Gasteiger partial charge in [0.05, 0.1) is 6.51 Å². The normalized spacial score (nSPS) is 23.7. The quantitative estimate of drug-likeness (QED) is 0.226. The van der Waals surface area contributed by atoms with Gasteiger partial charge in [0.1, 0.15) is 5.82 Å². The summed E-state index contributed by atoms with van der Waals surface area (Å²) in [6.45, 7) is 4.22. The van der Waals surface area contributed by atoms with Crippen LogP contribution >= 0.6 is 0 Å². The van der Waals surface area contributed by atoms with Crippen LogP contribution in [-0.4, -0.2) is 14.4 Å². The summed E-state index contributed by atoms with van der Waals surface area (Å²) in [5, 5.41) is 0. The van der Waals surface area contributed by atoms with Crippen LogP contribution in [0.1, 0.15) is 62.8 Å². The van der Waals surface area contributed by atoms with E-state index in [1.54, 1.807) is 38.2 Å². The Labute approximate surface area is 225 Å². The number of hydrogen-bond donors (Lipinski definition) is 0. The third-order valence-corrected chi connectivity index (χ3v) is 8.91. The number of rotatable bonds is 7. The van der Waals surface area contributed by atoms with E-state index in [2.05, 4.69) is 18.7 Å². The molecule has 0 spiro atoms. The summed E-state index contributed by atoms with van der Waals surface area (Å²) in [5.41, 5.74) is 3.00. The Hall–Kier alpha value is -2.95. The van der Waals surface area contributed by atoms with Gasteiger partial charge < -0.3 is 4.74 Å². The van der Waals surface area contributed by atoms with Gasteiger partial charge in [0.2, 0.25) is 5.82 Å². The fraction of sp³-hybridized carbons (Fsp3) is 0.394. The third kappa shape index (κ3) is 5.57. The minimum atomic E-state index is -0.996. The van der Waals surface area contributed by atoms with Crippen LogP contribution in [0.5, 0.6) is 5.75 Å². The molecule has 0 atom stereocenters. The van der Waals surface area contributed by atoms with E-state index >= 15 is 4.39 Å². The van der Waals surface area contributed by atoms with E-state index in [4.69, 9.17) is 4.74 Å². The highest BCUT2D eigenvalue weighted by Crippen LogP contribution is 2.44. The molecule has 198 valence electrons. The van der Waals surface area contributed by atoms with Crippen molar-refractivity contribution in [3.05, 3.63) is 90.3 Å². The topological polar surface area (TPSA) is 9.23 Å². The van der Waals surface area contributed by atoms with Crippen molar-refractivity contribution in [2.75, 3.05) is 6.51 Å². The van der Waals surface area contributed by atoms with Gasteiger partial charge in [0.25, 0.3) is 0 Å². The monoisotopic (exact) mass is 516 g/mol. The van der Waals surface area contributed by atoms with Crippen LogP contribution < -0.4 is 4.74 Å². The van der Waals surface area contributed by atoms with Gasteiger partial charge in [0.15, 0.2) is 19.4 Å². The summed E-state index contributed by atoms with van der Waals surface area (Å²) in [7, 11) is 1.72.